The third kappa shape index (κ3) is 3.56. The van der Waals surface area contributed by atoms with Gasteiger partial charge in [-0.1, -0.05) is 23.2 Å². The van der Waals surface area contributed by atoms with Crippen LogP contribution in [0.25, 0.3) is 10.9 Å². The number of nitrogens with one attached hydrogen (secondary N) is 1. The van der Waals surface area contributed by atoms with E-state index >= 15 is 0 Å². The summed E-state index contributed by atoms with van der Waals surface area (Å²) in [6, 6.07) is 10.8. The molecule has 1 heterocycles. The lowest BCUT2D eigenvalue weighted by atomic mass is 10.1. The van der Waals surface area contributed by atoms with E-state index in [-0.39, 0.29) is 5.75 Å². The van der Waals surface area contributed by atoms with Crippen LogP contribution >= 0.6 is 23.2 Å². The van der Waals surface area contributed by atoms with Crippen molar-refractivity contribution >= 4 is 45.5 Å². The van der Waals surface area contributed by atoms with Crippen LogP contribution in [0.5, 0.6) is 5.75 Å². The van der Waals surface area contributed by atoms with Crippen LogP contribution in [0.15, 0.2) is 42.6 Å². The molecule has 2 aromatic carbocycles. The van der Waals surface area contributed by atoms with Gasteiger partial charge in [0.2, 0.25) is 0 Å². The number of pyridine rings is 1. The first kappa shape index (κ1) is 16.8. The second-order valence-electron chi connectivity index (χ2n) is 5.84. The number of hydrogen-bond acceptors (Lipinski definition) is 4. The minimum absolute atomic E-state index is 0.187. The Hall–Kier alpha value is -2.01. The Morgan fingerprint density at radius 3 is 2.58 bits per heavy atom. The largest absolute Gasteiger partial charge is 0.505 e. The number of phenols is 1. The van der Waals surface area contributed by atoms with Crippen molar-refractivity contribution in [2.45, 2.75) is 6.54 Å². The van der Waals surface area contributed by atoms with Crippen molar-refractivity contribution in [2.75, 3.05) is 19.4 Å². The molecule has 0 radical (unpaired) electrons. The van der Waals surface area contributed by atoms with Gasteiger partial charge in [-0.3, -0.25) is 4.98 Å². The fourth-order valence-electron chi connectivity index (χ4n) is 2.59. The molecular weight excluding hydrogens is 345 g/mol. The van der Waals surface area contributed by atoms with Crippen molar-refractivity contribution in [1.82, 2.24) is 9.88 Å². The molecule has 124 valence electrons. The van der Waals surface area contributed by atoms with Crippen LogP contribution in [-0.4, -0.2) is 29.1 Å². The topological polar surface area (TPSA) is 48.4 Å². The average Bonchev–Trinajstić information content (AvgIpc) is 2.51. The van der Waals surface area contributed by atoms with Gasteiger partial charge in [0.15, 0.2) is 0 Å². The highest BCUT2D eigenvalue weighted by Gasteiger charge is 2.12. The quantitative estimate of drug-likeness (QED) is 0.638. The van der Waals surface area contributed by atoms with Crippen LogP contribution in [0, 0.1) is 0 Å². The number of fused-ring (bicyclic) bond motifs is 1. The highest BCUT2D eigenvalue weighted by Crippen LogP contribution is 2.36. The third-order valence-electron chi connectivity index (χ3n) is 3.61. The van der Waals surface area contributed by atoms with Gasteiger partial charge in [-0.05, 0) is 50.5 Å². The maximum atomic E-state index is 10.6. The standard InChI is InChI=1S/C18H17Cl2N3O/c1-23(2)10-11-7-13(20)9-17(18(11)24)22-15-5-6-21-16-8-12(19)3-4-14(15)16/h3-9,24H,10H2,1-2H3,(H,21,22). The Kier molecular flexibility index (Phi) is 4.81. The van der Waals surface area contributed by atoms with Crippen molar-refractivity contribution in [1.29, 1.82) is 0 Å². The number of halogens is 2. The average molecular weight is 362 g/mol. The zero-order chi connectivity index (χ0) is 17.3. The molecule has 0 spiro atoms. The number of anilines is 2. The molecular formula is C18H17Cl2N3O. The first-order chi connectivity index (χ1) is 11.4. The predicted octanol–water partition coefficient (Wildman–Crippen LogP) is 5.05. The molecule has 0 saturated carbocycles. The van der Waals surface area contributed by atoms with Crippen molar-refractivity contribution in [3.8, 4) is 5.75 Å². The molecule has 0 bridgehead atoms. The van der Waals surface area contributed by atoms with Crippen molar-refractivity contribution in [3.05, 3.63) is 58.2 Å². The summed E-state index contributed by atoms with van der Waals surface area (Å²) in [5.41, 5.74) is 2.92. The monoisotopic (exact) mass is 361 g/mol. The summed E-state index contributed by atoms with van der Waals surface area (Å²) in [6.45, 7) is 0.591. The Labute approximate surface area is 150 Å². The first-order valence-corrected chi connectivity index (χ1v) is 8.17. The Morgan fingerprint density at radius 2 is 1.83 bits per heavy atom. The minimum Gasteiger partial charge on any atom is -0.505 e. The SMILES string of the molecule is CN(C)Cc1cc(Cl)cc(Nc2ccnc3cc(Cl)ccc23)c1O. The second-order valence-corrected chi connectivity index (χ2v) is 6.72. The van der Waals surface area contributed by atoms with Gasteiger partial charge in [-0.25, -0.2) is 0 Å². The minimum atomic E-state index is 0.187. The Balaban J connectivity index is 2.04. The molecule has 1 aromatic heterocycles. The van der Waals surface area contributed by atoms with Crippen LogP contribution in [0.4, 0.5) is 11.4 Å². The summed E-state index contributed by atoms with van der Waals surface area (Å²) in [6.07, 6.45) is 1.70. The van der Waals surface area contributed by atoms with Gasteiger partial charge in [-0.15, -0.1) is 0 Å². The molecule has 24 heavy (non-hydrogen) atoms. The van der Waals surface area contributed by atoms with E-state index in [9.17, 15) is 5.11 Å². The summed E-state index contributed by atoms with van der Waals surface area (Å²) < 4.78 is 0. The van der Waals surface area contributed by atoms with Gasteiger partial charge in [0.25, 0.3) is 0 Å². The fraction of sp³-hybridized carbons (Fsp3) is 0.167. The normalized spacial score (nSPS) is 11.2. The number of hydrogen-bond donors (Lipinski definition) is 2. The molecule has 3 aromatic rings. The lowest BCUT2D eigenvalue weighted by Gasteiger charge is -2.16. The van der Waals surface area contributed by atoms with Crippen LogP contribution in [-0.2, 0) is 6.54 Å². The number of phenolic OH excluding ortho intramolecular Hbond substituents is 1. The van der Waals surface area contributed by atoms with E-state index in [1.807, 2.05) is 37.2 Å². The maximum absolute atomic E-state index is 10.6. The molecule has 0 aliphatic carbocycles. The lowest BCUT2D eigenvalue weighted by Crippen LogP contribution is -2.11. The summed E-state index contributed by atoms with van der Waals surface area (Å²) in [5, 5.41) is 15.9. The molecule has 0 amide bonds. The van der Waals surface area contributed by atoms with E-state index in [1.165, 1.54) is 0 Å². The number of aromatic nitrogens is 1. The number of aromatic hydroxyl groups is 1. The number of rotatable bonds is 4. The van der Waals surface area contributed by atoms with Crippen LogP contribution in [0.2, 0.25) is 10.0 Å². The van der Waals surface area contributed by atoms with Gasteiger partial charge in [0, 0.05) is 39.4 Å². The van der Waals surface area contributed by atoms with Crippen LogP contribution in [0.3, 0.4) is 0 Å². The van der Waals surface area contributed by atoms with Crippen molar-refractivity contribution in [3.63, 3.8) is 0 Å². The molecule has 0 saturated heterocycles. The molecule has 0 aliphatic heterocycles. The van der Waals surface area contributed by atoms with Crippen molar-refractivity contribution < 1.29 is 5.11 Å². The van der Waals surface area contributed by atoms with Gasteiger partial charge in [0.05, 0.1) is 11.2 Å². The van der Waals surface area contributed by atoms with Gasteiger partial charge in [0.1, 0.15) is 5.75 Å². The van der Waals surface area contributed by atoms with Crippen molar-refractivity contribution in [2.24, 2.45) is 0 Å². The molecule has 2 N–H and O–H groups in total. The Bertz CT molecular complexity index is 897. The fourth-order valence-corrected chi connectivity index (χ4v) is 2.99. The van der Waals surface area contributed by atoms with E-state index in [2.05, 4.69) is 10.3 Å². The molecule has 6 heteroatoms. The van der Waals surface area contributed by atoms with Crippen LogP contribution in [0.1, 0.15) is 5.56 Å². The van der Waals surface area contributed by atoms with E-state index < -0.39 is 0 Å². The lowest BCUT2D eigenvalue weighted by molar-refractivity contribution is 0.386. The molecule has 3 rings (SSSR count). The number of nitrogens with zero attached hydrogens (tertiary/aromatic N) is 2. The second kappa shape index (κ2) is 6.85. The highest BCUT2D eigenvalue weighted by atomic mass is 35.5. The molecule has 0 fully saturated rings. The summed E-state index contributed by atoms with van der Waals surface area (Å²) in [4.78, 5) is 6.29. The Morgan fingerprint density at radius 1 is 1.04 bits per heavy atom. The highest BCUT2D eigenvalue weighted by molar-refractivity contribution is 6.31. The molecule has 4 nitrogen and oxygen atoms in total. The van der Waals surface area contributed by atoms with Gasteiger partial charge in [-0.2, -0.15) is 0 Å². The van der Waals surface area contributed by atoms with Gasteiger partial charge < -0.3 is 15.3 Å². The molecule has 0 atom stereocenters. The van der Waals surface area contributed by atoms with E-state index in [0.717, 1.165) is 22.2 Å². The number of benzene rings is 2. The summed E-state index contributed by atoms with van der Waals surface area (Å²) in [7, 11) is 3.88. The van der Waals surface area contributed by atoms with Gasteiger partial charge >= 0.3 is 0 Å². The van der Waals surface area contributed by atoms with E-state index in [0.29, 0.717) is 22.3 Å². The molecule has 0 aliphatic rings. The first-order valence-electron chi connectivity index (χ1n) is 7.41. The summed E-state index contributed by atoms with van der Waals surface area (Å²) in [5.74, 6) is 0.187. The molecule has 0 unspecified atom stereocenters. The van der Waals surface area contributed by atoms with Crippen LogP contribution < -0.4 is 5.32 Å². The predicted molar refractivity (Wildman–Crippen MR) is 101 cm³/mol. The van der Waals surface area contributed by atoms with E-state index in [1.54, 1.807) is 24.4 Å². The summed E-state index contributed by atoms with van der Waals surface area (Å²) >= 11 is 12.2. The third-order valence-corrected chi connectivity index (χ3v) is 4.07. The van der Waals surface area contributed by atoms with E-state index in [4.69, 9.17) is 23.2 Å². The maximum Gasteiger partial charge on any atom is 0.143 e. The smallest absolute Gasteiger partial charge is 0.143 e. The zero-order valence-electron chi connectivity index (χ0n) is 13.3. The zero-order valence-corrected chi connectivity index (χ0v) is 14.9.